The van der Waals surface area contributed by atoms with Crippen LogP contribution >= 0.6 is 0 Å². The fourth-order valence-corrected chi connectivity index (χ4v) is 1.47. The maximum atomic E-state index is 13.0. The van der Waals surface area contributed by atoms with Crippen molar-refractivity contribution in [1.82, 2.24) is 0 Å². The van der Waals surface area contributed by atoms with E-state index in [2.05, 4.69) is 4.74 Å². The Morgan fingerprint density at radius 1 is 1.53 bits per heavy atom. The van der Waals surface area contributed by atoms with Crippen LogP contribution in [0.15, 0.2) is 18.2 Å². The van der Waals surface area contributed by atoms with Crippen LogP contribution in [0, 0.1) is 18.7 Å². The molecule has 15 heavy (non-hydrogen) atoms. The van der Waals surface area contributed by atoms with Crippen LogP contribution in [0.4, 0.5) is 4.39 Å². The molecule has 0 aliphatic rings. The number of hydrogen-bond donors (Lipinski definition) is 0. The van der Waals surface area contributed by atoms with Crippen LogP contribution < -0.4 is 0 Å². The summed E-state index contributed by atoms with van der Waals surface area (Å²) in [5.41, 5.74) is 1.55. The molecule has 0 aliphatic heterocycles. The Hall–Kier alpha value is -1.38. The molecule has 0 bridgehead atoms. The van der Waals surface area contributed by atoms with Crippen LogP contribution in [0.3, 0.4) is 0 Å². The number of aryl methyl sites for hydroxylation is 1. The molecule has 2 nitrogen and oxygen atoms in total. The largest absolute Gasteiger partial charge is 0.469 e. The van der Waals surface area contributed by atoms with E-state index in [0.29, 0.717) is 12.0 Å². The van der Waals surface area contributed by atoms with Gasteiger partial charge in [0.1, 0.15) is 5.82 Å². The van der Waals surface area contributed by atoms with Gasteiger partial charge in [0.2, 0.25) is 0 Å². The Balaban J connectivity index is 2.73. The number of halogens is 1. The lowest BCUT2D eigenvalue weighted by Gasteiger charge is -2.09. The molecule has 0 saturated heterocycles. The van der Waals surface area contributed by atoms with E-state index in [1.807, 2.05) is 0 Å². The molecule has 0 fully saturated rings. The van der Waals surface area contributed by atoms with Gasteiger partial charge in [-0.15, -0.1) is 0 Å². The minimum absolute atomic E-state index is 0.195. The van der Waals surface area contributed by atoms with Crippen LogP contribution in [-0.2, 0) is 16.0 Å². The van der Waals surface area contributed by atoms with Gasteiger partial charge in [-0.3, -0.25) is 4.79 Å². The second kappa shape index (κ2) is 4.91. The van der Waals surface area contributed by atoms with Crippen LogP contribution in [0.25, 0.3) is 0 Å². The Bertz CT molecular complexity index is 361. The van der Waals surface area contributed by atoms with E-state index in [4.69, 9.17) is 0 Å². The lowest BCUT2D eigenvalue weighted by Crippen LogP contribution is -2.15. The lowest BCUT2D eigenvalue weighted by atomic mass is 10.00. The minimum Gasteiger partial charge on any atom is -0.469 e. The van der Waals surface area contributed by atoms with E-state index in [0.717, 1.165) is 5.56 Å². The molecule has 0 amide bonds. The summed E-state index contributed by atoms with van der Waals surface area (Å²) < 4.78 is 17.6. The Kier molecular flexibility index (Phi) is 3.83. The molecule has 0 radical (unpaired) electrons. The maximum absolute atomic E-state index is 13.0. The van der Waals surface area contributed by atoms with Crippen molar-refractivity contribution in [2.75, 3.05) is 7.11 Å². The third-order valence-electron chi connectivity index (χ3n) is 2.37. The molecule has 0 aliphatic carbocycles. The first-order valence-corrected chi connectivity index (χ1v) is 4.87. The molecule has 0 aromatic heterocycles. The van der Waals surface area contributed by atoms with Gasteiger partial charge in [-0.05, 0) is 30.5 Å². The number of methoxy groups -OCH3 is 1. The van der Waals surface area contributed by atoms with Gasteiger partial charge in [-0.25, -0.2) is 4.39 Å². The average Bonchev–Trinajstić information content (AvgIpc) is 2.22. The smallest absolute Gasteiger partial charge is 0.308 e. The van der Waals surface area contributed by atoms with Gasteiger partial charge in [0.15, 0.2) is 0 Å². The predicted molar refractivity (Wildman–Crippen MR) is 56.0 cm³/mol. The van der Waals surface area contributed by atoms with Crippen LogP contribution in [0.1, 0.15) is 18.1 Å². The fraction of sp³-hybridized carbons (Fsp3) is 0.417. The summed E-state index contributed by atoms with van der Waals surface area (Å²) in [5.74, 6) is -0.652. The van der Waals surface area contributed by atoms with Crippen molar-refractivity contribution in [2.45, 2.75) is 20.3 Å². The molecule has 0 saturated carbocycles. The van der Waals surface area contributed by atoms with E-state index >= 15 is 0 Å². The molecule has 0 N–H and O–H groups in total. The highest BCUT2D eigenvalue weighted by molar-refractivity contribution is 5.72. The third-order valence-corrected chi connectivity index (χ3v) is 2.37. The zero-order valence-corrected chi connectivity index (χ0v) is 9.21. The van der Waals surface area contributed by atoms with E-state index in [1.54, 1.807) is 26.0 Å². The van der Waals surface area contributed by atoms with Gasteiger partial charge in [-0.1, -0.05) is 19.1 Å². The molecule has 1 aromatic carbocycles. The van der Waals surface area contributed by atoms with Gasteiger partial charge in [-0.2, -0.15) is 0 Å². The van der Waals surface area contributed by atoms with Gasteiger partial charge in [0.05, 0.1) is 13.0 Å². The fourth-order valence-electron chi connectivity index (χ4n) is 1.47. The normalized spacial score (nSPS) is 12.3. The van der Waals surface area contributed by atoms with Crippen LogP contribution in [0.2, 0.25) is 0 Å². The van der Waals surface area contributed by atoms with E-state index < -0.39 is 0 Å². The highest BCUT2D eigenvalue weighted by atomic mass is 19.1. The zero-order chi connectivity index (χ0) is 11.4. The number of rotatable bonds is 3. The van der Waals surface area contributed by atoms with Gasteiger partial charge < -0.3 is 4.74 Å². The summed E-state index contributed by atoms with van der Waals surface area (Å²) in [6, 6.07) is 4.88. The molecule has 82 valence electrons. The quantitative estimate of drug-likeness (QED) is 0.716. The SMILES string of the molecule is COC(=O)C(C)Cc1ccc(F)c(C)c1. The summed E-state index contributed by atoms with van der Waals surface area (Å²) in [5, 5.41) is 0. The maximum Gasteiger partial charge on any atom is 0.308 e. The van der Waals surface area contributed by atoms with Crippen molar-refractivity contribution in [3.05, 3.63) is 35.1 Å². The number of benzene rings is 1. The van der Waals surface area contributed by atoms with E-state index in [1.165, 1.54) is 13.2 Å². The highest BCUT2D eigenvalue weighted by Gasteiger charge is 2.13. The lowest BCUT2D eigenvalue weighted by molar-refractivity contribution is -0.144. The summed E-state index contributed by atoms with van der Waals surface area (Å²) >= 11 is 0. The molecule has 1 rings (SSSR count). The predicted octanol–water partition coefficient (Wildman–Crippen LogP) is 2.49. The first kappa shape index (κ1) is 11.7. The van der Waals surface area contributed by atoms with Gasteiger partial charge in [0, 0.05) is 0 Å². The molecule has 1 atom stereocenters. The average molecular weight is 210 g/mol. The molecule has 1 aromatic rings. The van der Waals surface area contributed by atoms with Crippen molar-refractivity contribution in [3.8, 4) is 0 Å². The molecule has 0 heterocycles. The van der Waals surface area contributed by atoms with E-state index in [-0.39, 0.29) is 17.7 Å². The topological polar surface area (TPSA) is 26.3 Å². The zero-order valence-electron chi connectivity index (χ0n) is 9.21. The number of ether oxygens (including phenoxy) is 1. The Morgan fingerprint density at radius 2 is 2.20 bits per heavy atom. The molecule has 1 unspecified atom stereocenters. The summed E-state index contributed by atoms with van der Waals surface area (Å²) in [6.07, 6.45) is 0.577. The Morgan fingerprint density at radius 3 is 2.73 bits per heavy atom. The summed E-state index contributed by atoms with van der Waals surface area (Å²) in [4.78, 5) is 11.2. The van der Waals surface area contributed by atoms with Crippen molar-refractivity contribution < 1.29 is 13.9 Å². The number of hydrogen-bond acceptors (Lipinski definition) is 2. The van der Waals surface area contributed by atoms with Crippen molar-refractivity contribution in [2.24, 2.45) is 5.92 Å². The second-order valence-corrected chi connectivity index (χ2v) is 3.71. The first-order valence-electron chi connectivity index (χ1n) is 4.87. The highest BCUT2D eigenvalue weighted by Crippen LogP contribution is 2.14. The van der Waals surface area contributed by atoms with Crippen molar-refractivity contribution in [1.29, 1.82) is 0 Å². The van der Waals surface area contributed by atoms with Crippen molar-refractivity contribution in [3.63, 3.8) is 0 Å². The second-order valence-electron chi connectivity index (χ2n) is 3.71. The minimum atomic E-state index is -0.239. The first-order chi connectivity index (χ1) is 7.04. The van der Waals surface area contributed by atoms with Crippen molar-refractivity contribution >= 4 is 5.97 Å². The van der Waals surface area contributed by atoms with E-state index in [9.17, 15) is 9.18 Å². The number of carbonyl (C=O) groups is 1. The van der Waals surface area contributed by atoms with Gasteiger partial charge >= 0.3 is 5.97 Å². The van der Waals surface area contributed by atoms with Crippen LogP contribution in [-0.4, -0.2) is 13.1 Å². The summed E-state index contributed by atoms with van der Waals surface area (Å²) in [6.45, 7) is 3.51. The molecule has 3 heteroatoms. The molecular formula is C12H15FO2. The summed E-state index contributed by atoms with van der Waals surface area (Å²) in [7, 11) is 1.37. The molecular weight excluding hydrogens is 195 g/mol. The number of carbonyl (C=O) groups excluding carboxylic acids is 1. The Labute approximate surface area is 89.1 Å². The third kappa shape index (κ3) is 3.05. The standard InChI is InChI=1S/C12H15FO2/c1-8-6-10(4-5-11(8)13)7-9(2)12(14)15-3/h4-6,9H,7H2,1-3H3. The van der Waals surface area contributed by atoms with Gasteiger partial charge in [0.25, 0.3) is 0 Å². The van der Waals surface area contributed by atoms with Crippen LogP contribution in [0.5, 0.6) is 0 Å². The monoisotopic (exact) mass is 210 g/mol. The molecule has 0 spiro atoms. The number of esters is 1.